The molecular weight excluding hydrogens is 144 g/mol. The summed E-state index contributed by atoms with van der Waals surface area (Å²) in [4.78, 5) is 7.60. The van der Waals surface area contributed by atoms with Crippen LogP contribution in [0.2, 0.25) is 0 Å². The molecule has 0 bridgehead atoms. The Kier molecular flexibility index (Phi) is 2.00. The number of aryl methyl sites for hydroxylation is 1. The predicted octanol–water partition coefficient (Wildman–Crippen LogP) is -0.120. The number of aromatic nitrogens is 2. The van der Waals surface area contributed by atoms with Gasteiger partial charge in [-0.25, -0.2) is 9.97 Å². The van der Waals surface area contributed by atoms with Crippen LogP contribution in [0, 0.1) is 6.92 Å². The molecule has 0 saturated carbocycles. The molecule has 1 heterocycles. The minimum absolute atomic E-state index is 0.0306. The first-order valence-electron chi connectivity index (χ1n) is 3.00. The molecule has 0 radical (unpaired) electrons. The molecule has 0 amide bonds. The molecule has 58 valence electrons. The lowest BCUT2D eigenvalue weighted by Gasteiger charge is -1.99. The van der Waals surface area contributed by atoms with Crippen molar-refractivity contribution in [3.8, 4) is 0 Å². The van der Waals surface area contributed by atoms with Gasteiger partial charge in [-0.1, -0.05) is 5.16 Å². The number of rotatable bonds is 1. The van der Waals surface area contributed by atoms with Gasteiger partial charge in [0.1, 0.15) is 6.33 Å². The molecule has 0 spiro atoms. The van der Waals surface area contributed by atoms with Crippen molar-refractivity contribution >= 4 is 5.84 Å². The van der Waals surface area contributed by atoms with Gasteiger partial charge < -0.3 is 10.9 Å². The highest BCUT2D eigenvalue weighted by Crippen LogP contribution is 1.99. The van der Waals surface area contributed by atoms with Gasteiger partial charge in [0, 0.05) is 6.20 Å². The van der Waals surface area contributed by atoms with E-state index in [2.05, 4.69) is 15.1 Å². The zero-order valence-corrected chi connectivity index (χ0v) is 6.02. The van der Waals surface area contributed by atoms with E-state index >= 15 is 0 Å². The van der Waals surface area contributed by atoms with Crippen LogP contribution in [0.3, 0.4) is 0 Å². The molecule has 0 aromatic carbocycles. The zero-order chi connectivity index (χ0) is 8.27. The summed E-state index contributed by atoms with van der Waals surface area (Å²) in [5.41, 5.74) is 6.56. The first kappa shape index (κ1) is 7.46. The van der Waals surface area contributed by atoms with Gasteiger partial charge in [0.15, 0.2) is 5.84 Å². The Bertz CT molecular complexity index is 284. The molecule has 1 rings (SSSR count). The second-order valence-corrected chi connectivity index (χ2v) is 2.01. The summed E-state index contributed by atoms with van der Waals surface area (Å²) in [6, 6.07) is 0. The number of nitrogens with zero attached hydrogens (tertiary/aromatic N) is 3. The molecule has 1 aromatic rings. The average molecular weight is 152 g/mol. The maximum atomic E-state index is 8.32. The van der Waals surface area contributed by atoms with Crippen LogP contribution >= 0.6 is 0 Å². The Morgan fingerprint density at radius 1 is 1.73 bits per heavy atom. The first-order valence-corrected chi connectivity index (χ1v) is 3.00. The van der Waals surface area contributed by atoms with E-state index in [1.54, 1.807) is 6.92 Å². The Balaban J connectivity index is 3.14. The largest absolute Gasteiger partial charge is 0.409 e. The molecule has 5 heteroatoms. The molecule has 11 heavy (non-hydrogen) atoms. The number of hydrogen-bond donors (Lipinski definition) is 2. The molecule has 3 N–H and O–H groups in total. The van der Waals surface area contributed by atoms with Crippen LogP contribution in [-0.2, 0) is 0 Å². The maximum Gasteiger partial charge on any atom is 0.173 e. The molecule has 0 fully saturated rings. The minimum atomic E-state index is 0.0306. The Morgan fingerprint density at radius 3 is 3.00 bits per heavy atom. The van der Waals surface area contributed by atoms with Crippen molar-refractivity contribution in [2.75, 3.05) is 0 Å². The van der Waals surface area contributed by atoms with Crippen molar-refractivity contribution in [2.45, 2.75) is 6.92 Å². The molecule has 0 aliphatic rings. The van der Waals surface area contributed by atoms with Crippen LogP contribution in [-0.4, -0.2) is 21.0 Å². The van der Waals surface area contributed by atoms with Crippen molar-refractivity contribution in [3.63, 3.8) is 0 Å². The van der Waals surface area contributed by atoms with Gasteiger partial charge in [-0.3, -0.25) is 0 Å². The monoisotopic (exact) mass is 152 g/mol. The van der Waals surface area contributed by atoms with E-state index < -0.39 is 0 Å². The molecule has 5 nitrogen and oxygen atoms in total. The van der Waals surface area contributed by atoms with Gasteiger partial charge in [0.05, 0.1) is 11.3 Å². The fourth-order valence-corrected chi connectivity index (χ4v) is 0.696. The average Bonchev–Trinajstić information content (AvgIpc) is 2.04. The van der Waals surface area contributed by atoms with E-state index in [0.29, 0.717) is 11.3 Å². The third kappa shape index (κ3) is 1.43. The molecule has 0 atom stereocenters. The van der Waals surface area contributed by atoms with Gasteiger partial charge in [-0.2, -0.15) is 0 Å². The highest BCUT2D eigenvalue weighted by atomic mass is 16.4. The Hall–Kier alpha value is -1.65. The van der Waals surface area contributed by atoms with Crippen LogP contribution in [0.15, 0.2) is 17.7 Å². The van der Waals surface area contributed by atoms with Crippen molar-refractivity contribution in [2.24, 2.45) is 10.9 Å². The van der Waals surface area contributed by atoms with Crippen LogP contribution in [0.25, 0.3) is 0 Å². The molecule has 0 unspecified atom stereocenters. The van der Waals surface area contributed by atoms with E-state index in [1.165, 1.54) is 12.5 Å². The smallest absolute Gasteiger partial charge is 0.173 e. The summed E-state index contributed by atoms with van der Waals surface area (Å²) >= 11 is 0. The summed E-state index contributed by atoms with van der Waals surface area (Å²) in [5.74, 6) is 0.0306. The van der Waals surface area contributed by atoms with Gasteiger partial charge in [0.2, 0.25) is 0 Å². The SMILES string of the molecule is Cc1ncncc1/C(N)=N/O. The molecule has 0 aliphatic carbocycles. The summed E-state index contributed by atoms with van der Waals surface area (Å²) in [6.45, 7) is 1.76. The van der Waals surface area contributed by atoms with E-state index in [0.717, 1.165) is 0 Å². The highest BCUT2D eigenvalue weighted by Gasteiger charge is 2.02. The lowest BCUT2D eigenvalue weighted by Crippen LogP contribution is -2.15. The van der Waals surface area contributed by atoms with Crippen LogP contribution < -0.4 is 5.73 Å². The van der Waals surface area contributed by atoms with Crippen molar-refractivity contribution in [1.29, 1.82) is 0 Å². The lowest BCUT2D eigenvalue weighted by molar-refractivity contribution is 0.318. The van der Waals surface area contributed by atoms with Gasteiger partial charge in [-0.15, -0.1) is 0 Å². The maximum absolute atomic E-state index is 8.32. The van der Waals surface area contributed by atoms with E-state index in [9.17, 15) is 0 Å². The van der Waals surface area contributed by atoms with Gasteiger partial charge in [0.25, 0.3) is 0 Å². The minimum Gasteiger partial charge on any atom is -0.409 e. The van der Waals surface area contributed by atoms with Crippen molar-refractivity contribution in [1.82, 2.24) is 9.97 Å². The Morgan fingerprint density at radius 2 is 2.45 bits per heavy atom. The standard InChI is InChI=1S/C6H8N4O/c1-4-5(6(7)10-11)2-8-3-9-4/h2-3,11H,1H3,(H2,7,10). The summed E-state index contributed by atoms with van der Waals surface area (Å²) < 4.78 is 0. The third-order valence-corrected chi connectivity index (χ3v) is 1.30. The first-order chi connectivity index (χ1) is 5.25. The van der Waals surface area contributed by atoms with Gasteiger partial charge in [-0.05, 0) is 6.92 Å². The Labute approximate surface area is 63.6 Å². The second kappa shape index (κ2) is 2.96. The van der Waals surface area contributed by atoms with Crippen molar-refractivity contribution in [3.05, 3.63) is 23.8 Å². The second-order valence-electron chi connectivity index (χ2n) is 2.01. The van der Waals surface area contributed by atoms with E-state index in [4.69, 9.17) is 10.9 Å². The number of nitrogens with two attached hydrogens (primary N) is 1. The third-order valence-electron chi connectivity index (χ3n) is 1.30. The quantitative estimate of drug-likeness (QED) is 0.254. The van der Waals surface area contributed by atoms with Crippen LogP contribution in [0.5, 0.6) is 0 Å². The number of oxime groups is 1. The van der Waals surface area contributed by atoms with E-state index in [-0.39, 0.29) is 5.84 Å². The topological polar surface area (TPSA) is 84.4 Å². The number of hydrogen-bond acceptors (Lipinski definition) is 4. The van der Waals surface area contributed by atoms with E-state index in [1.807, 2.05) is 0 Å². The fourth-order valence-electron chi connectivity index (χ4n) is 0.696. The lowest BCUT2D eigenvalue weighted by atomic mass is 10.2. The number of amidine groups is 1. The normalized spacial score (nSPS) is 11.5. The van der Waals surface area contributed by atoms with Gasteiger partial charge >= 0.3 is 0 Å². The highest BCUT2D eigenvalue weighted by molar-refractivity contribution is 5.97. The summed E-state index contributed by atoms with van der Waals surface area (Å²) in [6.07, 6.45) is 2.90. The molecule has 0 aliphatic heterocycles. The molecule has 1 aromatic heterocycles. The molecule has 0 saturated heterocycles. The van der Waals surface area contributed by atoms with Crippen molar-refractivity contribution < 1.29 is 5.21 Å². The predicted molar refractivity (Wildman–Crippen MR) is 39.3 cm³/mol. The summed E-state index contributed by atoms with van der Waals surface area (Å²) in [5, 5.41) is 11.2. The summed E-state index contributed by atoms with van der Waals surface area (Å²) in [7, 11) is 0. The van der Waals surface area contributed by atoms with Crippen LogP contribution in [0.4, 0.5) is 0 Å². The fraction of sp³-hybridized carbons (Fsp3) is 0.167. The van der Waals surface area contributed by atoms with Crippen LogP contribution in [0.1, 0.15) is 11.3 Å². The molecular formula is C6H8N4O. The zero-order valence-electron chi connectivity index (χ0n) is 6.02.